The van der Waals surface area contributed by atoms with Gasteiger partial charge in [-0.15, -0.1) is 11.8 Å². The standard InChI is InChI=1S/C8H11ClN2O2S2/c1-15(12,13)11-5-6-14-8-7(9)3-2-4-10-8/h2-4,11H,5-6H2,1H3. The number of rotatable bonds is 5. The predicted molar refractivity (Wildman–Crippen MR) is 62.8 cm³/mol. The third kappa shape index (κ3) is 5.36. The lowest BCUT2D eigenvalue weighted by Gasteiger charge is -2.03. The summed E-state index contributed by atoms with van der Waals surface area (Å²) in [7, 11) is -3.11. The third-order valence-electron chi connectivity index (χ3n) is 1.43. The van der Waals surface area contributed by atoms with Crippen molar-refractivity contribution < 1.29 is 8.42 Å². The first-order valence-corrected chi connectivity index (χ1v) is 7.42. The van der Waals surface area contributed by atoms with Crippen molar-refractivity contribution in [1.29, 1.82) is 0 Å². The highest BCUT2D eigenvalue weighted by Gasteiger charge is 2.03. The van der Waals surface area contributed by atoms with Gasteiger partial charge in [-0.3, -0.25) is 0 Å². The van der Waals surface area contributed by atoms with Crippen molar-refractivity contribution in [2.45, 2.75) is 5.03 Å². The van der Waals surface area contributed by atoms with E-state index in [4.69, 9.17) is 11.6 Å². The zero-order chi connectivity index (χ0) is 11.3. The molecular weight excluding hydrogens is 256 g/mol. The highest BCUT2D eigenvalue weighted by atomic mass is 35.5. The molecule has 0 saturated carbocycles. The first-order chi connectivity index (χ1) is 6.99. The minimum absolute atomic E-state index is 0.371. The zero-order valence-electron chi connectivity index (χ0n) is 8.10. The Hall–Kier alpha value is -0.300. The molecule has 1 heterocycles. The number of halogens is 1. The first kappa shape index (κ1) is 12.8. The molecule has 0 amide bonds. The molecule has 4 nitrogen and oxygen atoms in total. The van der Waals surface area contributed by atoms with Crippen LogP contribution in [0.3, 0.4) is 0 Å². The Labute approximate surface area is 98.5 Å². The molecule has 0 aromatic carbocycles. The van der Waals surface area contributed by atoms with Gasteiger partial charge < -0.3 is 0 Å². The van der Waals surface area contributed by atoms with E-state index in [2.05, 4.69) is 9.71 Å². The van der Waals surface area contributed by atoms with Crippen molar-refractivity contribution >= 4 is 33.4 Å². The molecular formula is C8H11ClN2O2S2. The maximum Gasteiger partial charge on any atom is 0.208 e. The summed E-state index contributed by atoms with van der Waals surface area (Å²) < 4.78 is 23.9. The normalized spacial score (nSPS) is 11.6. The van der Waals surface area contributed by atoms with Crippen LogP contribution in [-0.4, -0.2) is 32.0 Å². The maximum atomic E-state index is 10.7. The van der Waals surface area contributed by atoms with Crippen LogP contribution in [0, 0.1) is 0 Å². The highest BCUT2D eigenvalue weighted by Crippen LogP contribution is 2.23. The average Bonchev–Trinajstić information content (AvgIpc) is 2.13. The Balaban J connectivity index is 2.36. The molecule has 84 valence electrons. The Morgan fingerprint density at radius 2 is 2.33 bits per heavy atom. The molecule has 0 spiro atoms. The molecule has 0 radical (unpaired) electrons. The summed E-state index contributed by atoms with van der Waals surface area (Å²) in [5.74, 6) is 0.601. The van der Waals surface area contributed by atoms with Crippen LogP contribution < -0.4 is 4.72 Å². The van der Waals surface area contributed by atoms with Gasteiger partial charge in [-0.2, -0.15) is 0 Å². The van der Waals surface area contributed by atoms with E-state index in [0.717, 1.165) is 11.3 Å². The van der Waals surface area contributed by atoms with Gasteiger partial charge in [0.25, 0.3) is 0 Å². The number of pyridine rings is 1. The Bertz CT molecular complexity index is 422. The average molecular weight is 267 g/mol. The van der Waals surface area contributed by atoms with Crippen LogP contribution >= 0.6 is 23.4 Å². The van der Waals surface area contributed by atoms with E-state index in [1.54, 1.807) is 18.3 Å². The first-order valence-electron chi connectivity index (χ1n) is 4.17. The fraction of sp³-hybridized carbons (Fsp3) is 0.375. The van der Waals surface area contributed by atoms with Crippen LogP contribution in [0.4, 0.5) is 0 Å². The molecule has 15 heavy (non-hydrogen) atoms. The molecule has 0 fully saturated rings. The summed E-state index contributed by atoms with van der Waals surface area (Å²) in [5, 5.41) is 1.30. The molecule has 0 unspecified atom stereocenters. The SMILES string of the molecule is CS(=O)(=O)NCCSc1ncccc1Cl. The summed E-state index contributed by atoms with van der Waals surface area (Å²) in [4.78, 5) is 4.07. The number of nitrogens with zero attached hydrogens (tertiary/aromatic N) is 1. The molecule has 0 saturated heterocycles. The monoisotopic (exact) mass is 266 g/mol. The second-order valence-corrected chi connectivity index (χ2v) is 6.13. The van der Waals surface area contributed by atoms with Crippen molar-refractivity contribution in [3.8, 4) is 0 Å². The van der Waals surface area contributed by atoms with Gasteiger partial charge in [0.15, 0.2) is 0 Å². The van der Waals surface area contributed by atoms with E-state index in [-0.39, 0.29) is 0 Å². The van der Waals surface area contributed by atoms with E-state index in [1.165, 1.54) is 11.8 Å². The molecule has 1 aromatic rings. The van der Waals surface area contributed by atoms with Crippen molar-refractivity contribution in [2.24, 2.45) is 0 Å². The molecule has 1 N–H and O–H groups in total. The van der Waals surface area contributed by atoms with Gasteiger partial charge in [0.1, 0.15) is 5.03 Å². The smallest absolute Gasteiger partial charge is 0.208 e. The van der Waals surface area contributed by atoms with Gasteiger partial charge in [0.05, 0.1) is 11.3 Å². The third-order valence-corrected chi connectivity index (χ3v) is 3.58. The Morgan fingerprint density at radius 1 is 1.60 bits per heavy atom. The predicted octanol–water partition coefficient (Wildman–Crippen LogP) is 1.38. The lowest BCUT2D eigenvalue weighted by atomic mass is 10.5. The van der Waals surface area contributed by atoms with Crippen LogP contribution in [0.5, 0.6) is 0 Å². The van der Waals surface area contributed by atoms with Crippen LogP contribution in [0.1, 0.15) is 0 Å². The fourth-order valence-corrected chi connectivity index (χ4v) is 2.48. The van der Waals surface area contributed by atoms with Crippen molar-refractivity contribution in [2.75, 3.05) is 18.6 Å². The van der Waals surface area contributed by atoms with Crippen LogP contribution in [0.2, 0.25) is 5.02 Å². The number of hydrogen-bond acceptors (Lipinski definition) is 4. The molecule has 0 aliphatic heterocycles. The Kier molecular flexibility index (Phi) is 4.85. The summed E-state index contributed by atoms with van der Waals surface area (Å²) >= 11 is 7.29. The quantitative estimate of drug-likeness (QED) is 0.646. The number of nitrogens with one attached hydrogen (secondary N) is 1. The topological polar surface area (TPSA) is 59.1 Å². The van der Waals surface area contributed by atoms with Gasteiger partial charge in [0, 0.05) is 18.5 Å². The molecule has 1 aromatic heterocycles. The molecule has 0 bridgehead atoms. The second kappa shape index (κ2) is 5.69. The lowest BCUT2D eigenvalue weighted by Crippen LogP contribution is -2.24. The molecule has 1 rings (SSSR count). The molecule has 0 aliphatic carbocycles. The van der Waals surface area contributed by atoms with E-state index in [1.807, 2.05) is 0 Å². The van der Waals surface area contributed by atoms with Crippen molar-refractivity contribution in [1.82, 2.24) is 9.71 Å². The largest absolute Gasteiger partial charge is 0.248 e. The van der Waals surface area contributed by atoms with Crippen molar-refractivity contribution in [3.05, 3.63) is 23.4 Å². The van der Waals surface area contributed by atoms with Crippen LogP contribution in [0.25, 0.3) is 0 Å². The Morgan fingerprint density at radius 3 is 2.93 bits per heavy atom. The number of thioether (sulfide) groups is 1. The number of sulfonamides is 1. The van der Waals surface area contributed by atoms with Gasteiger partial charge in [-0.25, -0.2) is 18.1 Å². The summed E-state index contributed by atoms with van der Waals surface area (Å²) in [6.07, 6.45) is 2.78. The molecule has 0 aliphatic rings. The highest BCUT2D eigenvalue weighted by molar-refractivity contribution is 7.99. The van der Waals surface area contributed by atoms with Gasteiger partial charge in [0.2, 0.25) is 10.0 Å². The van der Waals surface area contributed by atoms with Crippen molar-refractivity contribution in [3.63, 3.8) is 0 Å². The van der Waals surface area contributed by atoms with Crippen LogP contribution in [-0.2, 0) is 10.0 Å². The summed E-state index contributed by atoms with van der Waals surface area (Å²) in [6.45, 7) is 0.371. The van der Waals surface area contributed by atoms with Gasteiger partial charge in [-0.05, 0) is 12.1 Å². The minimum atomic E-state index is -3.11. The summed E-state index contributed by atoms with van der Waals surface area (Å²) in [6, 6.07) is 3.50. The summed E-state index contributed by atoms with van der Waals surface area (Å²) in [5.41, 5.74) is 0. The number of aromatic nitrogens is 1. The molecule has 0 atom stereocenters. The van der Waals surface area contributed by atoms with E-state index in [9.17, 15) is 8.42 Å². The second-order valence-electron chi connectivity index (χ2n) is 2.81. The van der Waals surface area contributed by atoms with E-state index < -0.39 is 10.0 Å². The lowest BCUT2D eigenvalue weighted by molar-refractivity contribution is 0.590. The minimum Gasteiger partial charge on any atom is -0.248 e. The molecule has 7 heteroatoms. The van der Waals surface area contributed by atoms with E-state index >= 15 is 0 Å². The zero-order valence-corrected chi connectivity index (χ0v) is 10.5. The van der Waals surface area contributed by atoms with Gasteiger partial charge >= 0.3 is 0 Å². The van der Waals surface area contributed by atoms with E-state index in [0.29, 0.717) is 17.3 Å². The van der Waals surface area contributed by atoms with Crippen LogP contribution in [0.15, 0.2) is 23.4 Å². The fourth-order valence-electron chi connectivity index (χ4n) is 0.852. The maximum absolute atomic E-state index is 10.7. The number of hydrogen-bond donors (Lipinski definition) is 1. The van der Waals surface area contributed by atoms with Gasteiger partial charge in [-0.1, -0.05) is 11.6 Å².